The number of nitrogens with zero attached hydrogens (tertiary/aromatic N) is 1. The number of hydrogen-bond donors (Lipinski definition) is 2. The van der Waals surface area contributed by atoms with E-state index in [1.807, 2.05) is 6.07 Å². The number of anilines is 1. The van der Waals surface area contributed by atoms with Crippen LogP contribution in [-0.2, 0) is 4.79 Å². The topological polar surface area (TPSA) is 70.7 Å². The first-order chi connectivity index (χ1) is 15.4. The molecule has 0 bridgehead atoms. The van der Waals surface area contributed by atoms with Crippen molar-refractivity contribution < 1.29 is 18.7 Å². The summed E-state index contributed by atoms with van der Waals surface area (Å²) in [5.74, 6) is -0.107. The van der Waals surface area contributed by atoms with E-state index in [1.165, 1.54) is 6.07 Å². The molecule has 6 nitrogen and oxygen atoms in total. The van der Waals surface area contributed by atoms with Crippen molar-refractivity contribution in [2.75, 3.05) is 32.1 Å². The first kappa shape index (κ1) is 23.6. The zero-order chi connectivity index (χ0) is 23.1. The SMILES string of the molecule is CCCCNC(=O)N1C[C@@H](C(=O)Nc2ccc(OC)cc2)C[C@H](c2ccc(F)c(C)c2)C1. The minimum atomic E-state index is -0.377. The van der Waals surface area contributed by atoms with E-state index >= 15 is 0 Å². The third-order valence-corrected chi connectivity index (χ3v) is 5.93. The van der Waals surface area contributed by atoms with Gasteiger partial charge in [-0.25, -0.2) is 9.18 Å². The van der Waals surface area contributed by atoms with E-state index in [4.69, 9.17) is 4.74 Å². The molecule has 0 spiro atoms. The molecular formula is C25H32FN3O3. The molecule has 0 unspecified atom stereocenters. The summed E-state index contributed by atoms with van der Waals surface area (Å²) >= 11 is 0. The second-order valence-corrected chi connectivity index (χ2v) is 8.35. The van der Waals surface area contributed by atoms with E-state index < -0.39 is 0 Å². The summed E-state index contributed by atoms with van der Waals surface area (Å²) in [6.45, 7) is 5.24. The van der Waals surface area contributed by atoms with E-state index in [0.717, 1.165) is 18.4 Å². The Bertz CT molecular complexity index is 933. The number of urea groups is 1. The Morgan fingerprint density at radius 1 is 1.16 bits per heavy atom. The maximum absolute atomic E-state index is 13.8. The van der Waals surface area contributed by atoms with Crippen LogP contribution in [0.15, 0.2) is 42.5 Å². The number of carbonyl (C=O) groups is 2. The van der Waals surface area contributed by atoms with Crippen molar-refractivity contribution in [3.8, 4) is 5.75 Å². The van der Waals surface area contributed by atoms with Gasteiger partial charge in [-0.1, -0.05) is 25.5 Å². The summed E-state index contributed by atoms with van der Waals surface area (Å²) in [6.07, 6.45) is 2.48. The molecule has 0 saturated carbocycles. The highest BCUT2D eigenvalue weighted by Crippen LogP contribution is 2.32. The van der Waals surface area contributed by atoms with Crippen LogP contribution in [0, 0.1) is 18.7 Å². The third-order valence-electron chi connectivity index (χ3n) is 5.93. The molecule has 7 heteroatoms. The van der Waals surface area contributed by atoms with Crippen LogP contribution in [0.25, 0.3) is 0 Å². The van der Waals surface area contributed by atoms with Crippen LogP contribution in [0.3, 0.4) is 0 Å². The third kappa shape index (κ3) is 5.99. The van der Waals surface area contributed by atoms with Gasteiger partial charge in [-0.05, 0) is 61.2 Å². The molecule has 3 rings (SSSR count). The van der Waals surface area contributed by atoms with Gasteiger partial charge in [0.05, 0.1) is 13.0 Å². The van der Waals surface area contributed by atoms with Crippen LogP contribution >= 0.6 is 0 Å². The van der Waals surface area contributed by atoms with Crippen molar-refractivity contribution in [1.82, 2.24) is 10.2 Å². The van der Waals surface area contributed by atoms with Crippen LogP contribution in [0.5, 0.6) is 5.75 Å². The number of likely N-dealkylation sites (tertiary alicyclic amines) is 1. The van der Waals surface area contributed by atoms with Gasteiger partial charge in [-0.3, -0.25) is 4.79 Å². The van der Waals surface area contributed by atoms with Gasteiger partial charge in [0.1, 0.15) is 11.6 Å². The van der Waals surface area contributed by atoms with Gasteiger partial charge < -0.3 is 20.3 Å². The van der Waals surface area contributed by atoms with Gasteiger partial charge in [0.15, 0.2) is 0 Å². The number of halogens is 1. The summed E-state index contributed by atoms with van der Waals surface area (Å²) in [4.78, 5) is 27.6. The van der Waals surface area contributed by atoms with Crippen molar-refractivity contribution in [2.24, 2.45) is 5.92 Å². The fourth-order valence-electron chi connectivity index (χ4n) is 4.02. The maximum atomic E-state index is 13.8. The number of ether oxygens (including phenoxy) is 1. The molecule has 0 aliphatic carbocycles. The number of benzene rings is 2. The molecule has 172 valence electrons. The van der Waals surface area contributed by atoms with Crippen LogP contribution < -0.4 is 15.4 Å². The second-order valence-electron chi connectivity index (χ2n) is 8.35. The number of nitrogens with one attached hydrogen (secondary N) is 2. The Labute approximate surface area is 189 Å². The summed E-state index contributed by atoms with van der Waals surface area (Å²) in [5, 5.41) is 5.90. The molecule has 0 aromatic heterocycles. The molecule has 0 radical (unpaired) electrons. The fourth-order valence-corrected chi connectivity index (χ4v) is 4.02. The van der Waals surface area contributed by atoms with Crippen molar-refractivity contribution in [3.05, 3.63) is 59.4 Å². The first-order valence-corrected chi connectivity index (χ1v) is 11.1. The molecular weight excluding hydrogens is 409 g/mol. The Morgan fingerprint density at radius 2 is 1.91 bits per heavy atom. The fraction of sp³-hybridized carbons (Fsp3) is 0.440. The predicted molar refractivity (Wildman–Crippen MR) is 123 cm³/mol. The number of unbranched alkanes of at least 4 members (excludes halogenated alkanes) is 1. The van der Waals surface area contributed by atoms with Gasteiger partial charge in [0, 0.05) is 31.2 Å². The summed E-state index contributed by atoms with van der Waals surface area (Å²) < 4.78 is 19.0. The Balaban J connectivity index is 1.77. The Kier molecular flexibility index (Phi) is 8.09. The Hall–Kier alpha value is -3.09. The number of methoxy groups -OCH3 is 1. The van der Waals surface area contributed by atoms with Gasteiger partial charge >= 0.3 is 6.03 Å². The normalized spacial score (nSPS) is 18.2. The largest absolute Gasteiger partial charge is 0.497 e. The summed E-state index contributed by atoms with van der Waals surface area (Å²) in [7, 11) is 1.59. The lowest BCUT2D eigenvalue weighted by Gasteiger charge is -2.37. The minimum Gasteiger partial charge on any atom is -0.497 e. The number of rotatable bonds is 7. The lowest BCUT2D eigenvalue weighted by Crippen LogP contribution is -2.50. The second kappa shape index (κ2) is 11.0. The molecule has 2 N–H and O–H groups in total. The highest BCUT2D eigenvalue weighted by molar-refractivity contribution is 5.93. The standard InChI is InChI=1S/C25H32FN3O3/c1-4-5-12-27-25(31)29-15-19(18-6-11-23(26)17(2)13-18)14-20(16-29)24(30)28-21-7-9-22(32-3)10-8-21/h6-11,13,19-20H,4-5,12,14-16H2,1-3H3,(H,27,31)(H,28,30)/t19-,20-/m0/s1. The van der Waals surface area contributed by atoms with E-state index in [0.29, 0.717) is 43.1 Å². The van der Waals surface area contributed by atoms with E-state index in [9.17, 15) is 14.0 Å². The minimum absolute atomic E-state index is 0.0495. The average molecular weight is 442 g/mol. The van der Waals surface area contributed by atoms with E-state index in [2.05, 4.69) is 17.6 Å². The smallest absolute Gasteiger partial charge is 0.317 e. The monoisotopic (exact) mass is 441 g/mol. The molecule has 2 aromatic carbocycles. The van der Waals surface area contributed by atoms with E-state index in [1.54, 1.807) is 49.3 Å². The van der Waals surface area contributed by atoms with Gasteiger partial charge in [-0.2, -0.15) is 0 Å². The first-order valence-electron chi connectivity index (χ1n) is 11.1. The molecule has 32 heavy (non-hydrogen) atoms. The molecule has 1 aliphatic rings. The van der Waals surface area contributed by atoms with Crippen LogP contribution in [-0.4, -0.2) is 43.6 Å². The zero-order valence-corrected chi connectivity index (χ0v) is 19.0. The predicted octanol–water partition coefficient (Wildman–Crippen LogP) is 4.70. The van der Waals surface area contributed by atoms with Crippen molar-refractivity contribution in [2.45, 2.75) is 39.0 Å². The van der Waals surface area contributed by atoms with Gasteiger partial charge in [0.2, 0.25) is 5.91 Å². The van der Waals surface area contributed by atoms with E-state index in [-0.39, 0.29) is 29.6 Å². The molecule has 1 heterocycles. The lowest BCUT2D eigenvalue weighted by molar-refractivity contribution is -0.121. The zero-order valence-electron chi connectivity index (χ0n) is 19.0. The van der Waals surface area contributed by atoms with Crippen molar-refractivity contribution >= 4 is 17.6 Å². The van der Waals surface area contributed by atoms with Crippen molar-refractivity contribution in [1.29, 1.82) is 0 Å². The Morgan fingerprint density at radius 3 is 2.56 bits per heavy atom. The highest BCUT2D eigenvalue weighted by atomic mass is 19.1. The number of aryl methyl sites for hydroxylation is 1. The molecule has 3 amide bonds. The molecule has 2 aromatic rings. The quantitative estimate of drug-likeness (QED) is 0.612. The van der Waals surface area contributed by atoms with Crippen LogP contribution in [0.4, 0.5) is 14.9 Å². The number of hydrogen-bond acceptors (Lipinski definition) is 3. The van der Waals surface area contributed by atoms with Gasteiger partial charge in [0.25, 0.3) is 0 Å². The van der Waals surface area contributed by atoms with Crippen LogP contribution in [0.2, 0.25) is 0 Å². The molecule has 2 atom stereocenters. The highest BCUT2D eigenvalue weighted by Gasteiger charge is 2.34. The number of piperidine rings is 1. The average Bonchev–Trinajstić information content (AvgIpc) is 2.81. The molecule has 1 fully saturated rings. The maximum Gasteiger partial charge on any atom is 0.317 e. The summed E-state index contributed by atoms with van der Waals surface area (Å²) in [5.41, 5.74) is 2.18. The van der Waals surface area contributed by atoms with Crippen molar-refractivity contribution in [3.63, 3.8) is 0 Å². The lowest BCUT2D eigenvalue weighted by atomic mass is 9.83. The van der Waals surface area contributed by atoms with Crippen LogP contribution in [0.1, 0.15) is 43.2 Å². The summed E-state index contributed by atoms with van der Waals surface area (Å²) in [6, 6.07) is 12.0. The number of carbonyl (C=O) groups excluding carboxylic acids is 2. The molecule has 1 saturated heterocycles. The number of amides is 3. The van der Waals surface area contributed by atoms with Gasteiger partial charge in [-0.15, -0.1) is 0 Å². The molecule has 1 aliphatic heterocycles.